The molecule has 1 N–H and O–H groups in total. The van der Waals surface area contributed by atoms with E-state index in [4.69, 9.17) is 0 Å². The summed E-state index contributed by atoms with van der Waals surface area (Å²) in [4.78, 5) is 0. The Kier molecular flexibility index (Phi) is 4.11. The molecule has 0 saturated carbocycles. The fourth-order valence-corrected chi connectivity index (χ4v) is 3.31. The molecular weight excluding hydrogens is 310 g/mol. The van der Waals surface area contributed by atoms with Crippen molar-refractivity contribution in [2.24, 2.45) is 0 Å². The number of halogens is 1. The van der Waals surface area contributed by atoms with Crippen molar-refractivity contribution in [1.82, 2.24) is 0 Å². The smallest absolute Gasteiger partial charge is 0.0343 e. The molecule has 0 radical (unpaired) electrons. The Morgan fingerprint density at radius 3 is 2.90 bits per heavy atom. The predicted molar refractivity (Wildman–Crippen MR) is 89.5 cm³/mol. The first kappa shape index (κ1) is 13.7. The average Bonchev–Trinajstić information content (AvgIpc) is 2.48. The number of aryl methyl sites for hydroxylation is 2. The first-order chi connectivity index (χ1) is 9.74. The second-order valence-corrected chi connectivity index (χ2v) is 6.49. The van der Waals surface area contributed by atoms with Crippen LogP contribution in [0.15, 0.2) is 46.9 Å². The molecule has 0 fully saturated rings. The summed E-state index contributed by atoms with van der Waals surface area (Å²) in [5, 5.41) is 3.60. The van der Waals surface area contributed by atoms with Crippen LogP contribution in [0.1, 0.15) is 35.4 Å². The van der Waals surface area contributed by atoms with Crippen molar-refractivity contribution in [1.29, 1.82) is 0 Å². The van der Waals surface area contributed by atoms with Gasteiger partial charge in [0.2, 0.25) is 0 Å². The number of benzene rings is 2. The van der Waals surface area contributed by atoms with Gasteiger partial charge in [-0.3, -0.25) is 0 Å². The van der Waals surface area contributed by atoms with Crippen molar-refractivity contribution in [2.75, 3.05) is 11.9 Å². The fraction of sp³-hybridized carbons (Fsp3) is 0.333. The molecule has 3 rings (SSSR count). The number of hydrogen-bond acceptors (Lipinski definition) is 1. The number of nitrogens with one attached hydrogen (secondary N) is 1. The van der Waals surface area contributed by atoms with Gasteiger partial charge in [0.1, 0.15) is 0 Å². The van der Waals surface area contributed by atoms with E-state index >= 15 is 0 Å². The van der Waals surface area contributed by atoms with Crippen LogP contribution in [0.25, 0.3) is 0 Å². The van der Waals surface area contributed by atoms with E-state index in [0.717, 1.165) is 6.54 Å². The van der Waals surface area contributed by atoms with Gasteiger partial charge < -0.3 is 5.32 Å². The molecule has 0 amide bonds. The number of fused-ring (bicyclic) bond motifs is 1. The minimum absolute atomic E-state index is 0.643. The molecule has 2 aromatic carbocycles. The van der Waals surface area contributed by atoms with Gasteiger partial charge in [-0.25, -0.2) is 0 Å². The maximum Gasteiger partial charge on any atom is 0.0343 e. The van der Waals surface area contributed by atoms with Crippen LogP contribution in [-0.2, 0) is 6.42 Å². The zero-order valence-electron chi connectivity index (χ0n) is 11.8. The van der Waals surface area contributed by atoms with E-state index in [9.17, 15) is 0 Å². The van der Waals surface area contributed by atoms with Crippen LogP contribution in [0.2, 0.25) is 0 Å². The molecule has 0 spiro atoms. The number of hydrogen-bond donors (Lipinski definition) is 1. The summed E-state index contributed by atoms with van der Waals surface area (Å²) in [6, 6.07) is 15.4. The van der Waals surface area contributed by atoms with E-state index in [-0.39, 0.29) is 0 Å². The van der Waals surface area contributed by atoms with E-state index in [1.165, 1.54) is 40.5 Å². The van der Waals surface area contributed by atoms with Crippen LogP contribution in [-0.4, -0.2) is 6.54 Å². The summed E-state index contributed by atoms with van der Waals surface area (Å²) in [6.45, 7) is 3.16. The van der Waals surface area contributed by atoms with Gasteiger partial charge in [0.15, 0.2) is 0 Å². The Labute approximate surface area is 129 Å². The molecule has 0 saturated heterocycles. The Bertz CT molecular complexity index is 606. The third kappa shape index (κ3) is 2.90. The molecule has 0 aliphatic heterocycles. The van der Waals surface area contributed by atoms with Gasteiger partial charge in [-0.05, 0) is 61.1 Å². The number of rotatable bonds is 3. The standard InChI is InChI=1S/C18H20BrN/c1-13-11-16(9-10-18(13)19)20-12-15-7-4-6-14-5-2-3-8-17(14)15/h2-3,5,8-11,15,20H,4,6-7,12H2,1H3. The van der Waals surface area contributed by atoms with Crippen molar-refractivity contribution in [3.63, 3.8) is 0 Å². The molecule has 0 heterocycles. The van der Waals surface area contributed by atoms with Gasteiger partial charge >= 0.3 is 0 Å². The van der Waals surface area contributed by atoms with E-state index in [1.807, 2.05) is 0 Å². The molecule has 1 atom stereocenters. The van der Waals surface area contributed by atoms with Gasteiger partial charge in [0.05, 0.1) is 0 Å². The van der Waals surface area contributed by atoms with Gasteiger partial charge in [0.25, 0.3) is 0 Å². The third-order valence-corrected chi connectivity index (χ3v) is 5.09. The lowest BCUT2D eigenvalue weighted by atomic mass is 9.83. The highest BCUT2D eigenvalue weighted by molar-refractivity contribution is 9.10. The largest absolute Gasteiger partial charge is 0.384 e. The lowest BCUT2D eigenvalue weighted by Crippen LogP contribution is -2.18. The van der Waals surface area contributed by atoms with Crippen molar-refractivity contribution in [3.8, 4) is 0 Å². The van der Waals surface area contributed by atoms with Gasteiger partial charge in [0, 0.05) is 22.6 Å². The second kappa shape index (κ2) is 6.01. The summed E-state index contributed by atoms with van der Waals surface area (Å²) in [7, 11) is 0. The van der Waals surface area contributed by atoms with Gasteiger partial charge in [-0.1, -0.05) is 40.2 Å². The fourth-order valence-electron chi connectivity index (χ4n) is 3.06. The van der Waals surface area contributed by atoms with Crippen LogP contribution in [0.5, 0.6) is 0 Å². The van der Waals surface area contributed by atoms with Crippen molar-refractivity contribution in [3.05, 3.63) is 63.6 Å². The van der Waals surface area contributed by atoms with Crippen LogP contribution in [0, 0.1) is 6.92 Å². The molecule has 1 aliphatic rings. The lowest BCUT2D eigenvalue weighted by Gasteiger charge is -2.26. The van der Waals surface area contributed by atoms with Crippen LogP contribution < -0.4 is 5.32 Å². The van der Waals surface area contributed by atoms with Crippen LogP contribution in [0.4, 0.5) is 5.69 Å². The van der Waals surface area contributed by atoms with Crippen molar-refractivity contribution in [2.45, 2.75) is 32.1 Å². The van der Waals surface area contributed by atoms with E-state index < -0.39 is 0 Å². The van der Waals surface area contributed by atoms with Gasteiger partial charge in [-0.15, -0.1) is 0 Å². The van der Waals surface area contributed by atoms with E-state index in [2.05, 4.69) is 70.6 Å². The molecule has 0 aromatic heterocycles. The Morgan fingerprint density at radius 1 is 1.20 bits per heavy atom. The minimum atomic E-state index is 0.643. The van der Waals surface area contributed by atoms with E-state index in [1.54, 1.807) is 5.56 Å². The first-order valence-electron chi connectivity index (χ1n) is 7.32. The summed E-state index contributed by atoms with van der Waals surface area (Å²) in [6.07, 6.45) is 3.84. The van der Waals surface area contributed by atoms with Crippen molar-refractivity contribution < 1.29 is 0 Å². The highest BCUT2D eigenvalue weighted by Gasteiger charge is 2.19. The maximum atomic E-state index is 3.60. The molecule has 20 heavy (non-hydrogen) atoms. The molecule has 2 aromatic rings. The zero-order chi connectivity index (χ0) is 13.9. The zero-order valence-corrected chi connectivity index (χ0v) is 13.4. The minimum Gasteiger partial charge on any atom is -0.384 e. The lowest BCUT2D eigenvalue weighted by molar-refractivity contribution is 0.572. The molecule has 2 heteroatoms. The molecule has 0 bridgehead atoms. The molecule has 1 aliphatic carbocycles. The molecule has 1 nitrogen and oxygen atoms in total. The van der Waals surface area contributed by atoms with Crippen LogP contribution >= 0.6 is 15.9 Å². The maximum absolute atomic E-state index is 3.60. The van der Waals surface area contributed by atoms with Crippen LogP contribution in [0.3, 0.4) is 0 Å². The Morgan fingerprint density at radius 2 is 2.05 bits per heavy atom. The second-order valence-electron chi connectivity index (χ2n) is 5.63. The Hall–Kier alpha value is -1.28. The summed E-state index contributed by atoms with van der Waals surface area (Å²) in [5.74, 6) is 0.643. The van der Waals surface area contributed by atoms with Gasteiger partial charge in [-0.2, -0.15) is 0 Å². The summed E-state index contributed by atoms with van der Waals surface area (Å²) < 4.78 is 1.17. The quantitative estimate of drug-likeness (QED) is 0.806. The molecule has 1 unspecified atom stereocenters. The molecule has 104 valence electrons. The Balaban J connectivity index is 1.71. The monoisotopic (exact) mass is 329 g/mol. The number of anilines is 1. The topological polar surface area (TPSA) is 12.0 Å². The summed E-state index contributed by atoms with van der Waals surface area (Å²) in [5.41, 5.74) is 5.57. The van der Waals surface area contributed by atoms with Crippen molar-refractivity contribution >= 4 is 21.6 Å². The highest BCUT2D eigenvalue weighted by atomic mass is 79.9. The average molecular weight is 330 g/mol. The van der Waals surface area contributed by atoms with E-state index in [0.29, 0.717) is 5.92 Å². The molecular formula is C18H20BrN. The SMILES string of the molecule is Cc1cc(NCC2CCCc3ccccc32)ccc1Br. The normalized spacial score (nSPS) is 17.6. The third-order valence-electron chi connectivity index (χ3n) is 4.20. The highest BCUT2D eigenvalue weighted by Crippen LogP contribution is 2.31. The predicted octanol–water partition coefficient (Wildman–Crippen LogP) is 5.29. The summed E-state index contributed by atoms with van der Waals surface area (Å²) >= 11 is 3.55. The first-order valence-corrected chi connectivity index (χ1v) is 8.11.